The quantitative estimate of drug-likeness (QED) is 0.586. The molecule has 0 unspecified atom stereocenters. The van der Waals surface area contributed by atoms with Crippen LogP contribution in [0.3, 0.4) is 0 Å². The van der Waals surface area contributed by atoms with Crippen LogP contribution in [-0.2, 0) is 14.8 Å². The third kappa shape index (κ3) is 6.40. The van der Waals surface area contributed by atoms with Crippen molar-refractivity contribution in [2.75, 3.05) is 18.4 Å². The Labute approximate surface area is 178 Å². The predicted octanol–water partition coefficient (Wildman–Crippen LogP) is 3.00. The third-order valence-electron chi connectivity index (χ3n) is 4.58. The Bertz CT molecular complexity index is 1020. The van der Waals surface area contributed by atoms with Gasteiger partial charge in [0.1, 0.15) is 0 Å². The van der Waals surface area contributed by atoms with Crippen LogP contribution in [0.15, 0.2) is 47.4 Å². The van der Waals surface area contributed by atoms with E-state index in [9.17, 15) is 18.0 Å². The average molecular weight is 432 g/mol. The summed E-state index contributed by atoms with van der Waals surface area (Å²) in [5.41, 5.74) is 2.42. The molecule has 3 N–H and O–H groups in total. The lowest BCUT2D eigenvalue weighted by molar-refractivity contribution is -0.123. The maximum Gasteiger partial charge on any atom is 0.251 e. The Kier molecular flexibility index (Phi) is 7.39. The van der Waals surface area contributed by atoms with E-state index in [1.165, 1.54) is 0 Å². The summed E-state index contributed by atoms with van der Waals surface area (Å²) in [4.78, 5) is 24.4. The molecule has 0 radical (unpaired) electrons. The van der Waals surface area contributed by atoms with Crippen molar-refractivity contribution in [1.29, 1.82) is 0 Å². The van der Waals surface area contributed by atoms with E-state index >= 15 is 0 Å². The second-order valence-corrected chi connectivity index (χ2v) is 9.95. The van der Waals surface area contributed by atoms with Crippen LogP contribution in [0.2, 0.25) is 0 Å². The van der Waals surface area contributed by atoms with Gasteiger partial charge in [-0.1, -0.05) is 26.8 Å². The van der Waals surface area contributed by atoms with Gasteiger partial charge in [0, 0.05) is 29.8 Å². The van der Waals surface area contributed by atoms with Gasteiger partial charge in [0.25, 0.3) is 5.91 Å². The number of sulfonamides is 1. The summed E-state index contributed by atoms with van der Waals surface area (Å²) >= 11 is 0. The average Bonchev–Trinajstić information content (AvgIpc) is 2.67. The molecular weight excluding hydrogens is 402 g/mol. The van der Waals surface area contributed by atoms with Crippen molar-refractivity contribution in [1.82, 2.24) is 10.0 Å². The van der Waals surface area contributed by atoms with Crippen molar-refractivity contribution >= 4 is 27.5 Å². The van der Waals surface area contributed by atoms with Crippen molar-refractivity contribution < 1.29 is 18.0 Å². The van der Waals surface area contributed by atoms with Crippen LogP contribution >= 0.6 is 0 Å². The zero-order valence-corrected chi connectivity index (χ0v) is 18.8. The van der Waals surface area contributed by atoms with Gasteiger partial charge in [-0.15, -0.1) is 0 Å². The van der Waals surface area contributed by atoms with Gasteiger partial charge in [0.05, 0.1) is 4.90 Å². The van der Waals surface area contributed by atoms with Gasteiger partial charge >= 0.3 is 0 Å². The van der Waals surface area contributed by atoms with E-state index in [0.29, 0.717) is 11.3 Å². The second-order valence-electron chi connectivity index (χ2n) is 8.18. The number of benzene rings is 2. The lowest BCUT2D eigenvalue weighted by Gasteiger charge is -2.17. The maximum absolute atomic E-state index is 12.3. The Morgan fingerprint density at radius 3 is 2.10 bits per heavy atom. The summed E-state index contributed by atoms with van der Waals surface area (Å²) in [6.07, 6.45) is 0. The zero-order valence-electron chi connectivity index (χ0n) is 18.0. The topological polar surface area (TPSA) is 104 Å². The molecule has 0 saturated heterocycles. The molecule has 2 amide bonds. The van der Waals surface area contributed by atoms with Crippen LogP contribution in [0.5, 0.6) is 0 Å². The zero-order chi connectivity index (χ0) is 22.5. The molecule has 0 aliphatic rings. The number of nitrogens with one attached hydrogen (secondary N) is 3. The van der Waals surface area contributed by atoms with Crippen molar-refractivity contribution in [3.63, 3.8) is 0 Å². The first-order chi connectivity index (χ1) is 13.9. The highest BCUT2D eigenvalue weighted by molar-refractivity contribution is 7.89. The summed E-state index contributed by atoms with van der Waals surface area (Å²) in [5, 5.41) is 5.47. The highest BCUT2D eigenvalue weighted by Crippen LogP contribution is 2.18. The van der Waals surface area contributed by atoms with Gasteiger partial charge in [-0.3, -0.25) is 9.59 Å². The molecule has 8 heteroatoms. The van der Waals surface area contributed by atoms with Crippen molar-refractivity contribution in [2.45, 2.75) is 39.5 Å². The fourth-order valence-corrected chi connectivity index (χ4v) is 3.57. The van der Waals surface area contributed by atoms with Crippen LogP contribution < -0.4 is 15.4 Å². The summed E-state index contributed by atoms with van der Waals surface area (Å²) in [5.74, 6) is -0.440. The first-order valence-electron chi connectivity index (χ1n) is 9.67. The van der Waals surface area contributed by atoms with E-state index in [-0.39, 0.29) is 29.8 Å². The summed E-state index contributed by atoms with van der Waals surface area (Å²) in [6.45, 7) is 9.44. The Morgan fingerprint density at radius 1 is 0.900 bits per heavy atom. The highest BCUT2D eigenvalue weighted by atomic mass is 32.2. The molecule has 0 bridgehead atoms. The molecule has 0 aliphatic carbocycles. The lowest BCUT2D eigenvalue weighted by Crippen LogP contribution is -2.34. The van der Waals surface area contributed by atoms with Gasteiger partial charge in [0.2, 0.25) is 15.9 Å². The van der Waals surface area contributed by atoms with Crippen molar-refractivity contribution in [3.05, 3.63) is 59.2 Å². The molecule has 0 aromatic heterocycles. The van der Waals surface area contributed by atoms with Crippen LogP contribution in [0.25, 0.3) is 0 Å². The molecule has 0 saturated carbocycles. The number of anilines is 1. The first-order valence-corrected chi connectivity index (χ1v) is 11.1. The molecule has 0 spiro atoms. The number of carbonyl (C=O) groups excluding carboxylic acids is 2. The SMILES string of the molecule is Cc1ccc(S(=O)(=O)NCCNC(=O)c2ccc(NC(=O)C(C)(C)C)cc2)cc1C. The largest absolute Gasteiger partial charge is 0.351 e. The van der Waals surface area contributed by atoms with Crippen LogP contribution in [0.4, 0.5) is 5.69 Å². The van der Waals surface area contributed by atoms with E-state index in [1.807, 2.05) is 34.6 Å². The number of rotatable bonds is 7. The molecule has 0 heterocycles. The van der Waals surface area contributed by atoms with Gasteiger partial charge in [-0.25, -0.2) is 13.1 Å². The molecule has 2 aromatic carbocycles. The molecule has 30 heavy (non-hydrogen) atoms. The minimum atomic E-state index is -3.63. The third-order valence-corrected chi connectivity index (χ3v) is 6.04. The molecule has 2 aromatic rings. The van der Waals surface area contributed by atoms with Gasteiger partial charge < -0.3 is 10.6 Å². The minimum Gasteiger partial charge on any atom is -0.351 e. The number of carbonyl (C=O) groups is 2. The fraction of sp³-hybridized carbons (Fsp3) is 0.364. The molecule has 7 nitrogen and oxygen atoms in total. The Hall–Kier alpha value is -2.71. The second kappa shape index (κ2) is 9.40. The predicted molar refractivity (Wildman–Crippen MR) is 118 cm³/mol. The van der Waals surface area contributed by atoms with Gasteiger partial charge in [0.15, 0.2) is 0 Å². The first kappa shape index (κ1) is 23.6. The monoisotopic (exact) mass is 431 g/mol. The number of aryl methyl sites for hydroxylation is 2. The van der Waals surface area contributed by atoms with E-state index in [0.717, 1.165) is 11.1 Å². The molecule has 0 aliphatic heterocycles. The van der Waals surface area contributed by atoms with E-state index in [4.69, 9.17) is 0 Å². The Balaban J connectivity index is 1.85. The van der Waals surface area contributed by atoms with Crippen LogP contribution in [-0.4, -0.2) is 33.3 Å². The number of amides is 2. The van der Waals surface area contributed by atoms with E-state index < -0.39 is 15.4 Å². The Morgan fingerprint density at radius 2 is 1.53 bits per heavy atom. The smallest absolute Gasteiger partial charge is 0.251 e. The number of hydrogen-bond acceptors (Lipinski definition) is 4. The standard InChI is InChI=1S/C22H29N3O4S/c1-15-6-11-19(14-16(15)2)30(28,29)24-13-12-23-20(26)17-7-9-18(10-8-17)25-21(27)22(3,4)5/h6-11,14,24H,12-13H2,1-5H3,(H,23,26)(H,25,27). The van der Waals surface area contributed by atoms with Crippen molar-refractivity contribution in [2.24, 2.45) is 5.41 Å². The van der Waals surface area contributed by atoms with Crippen LogP contribution in [0, 0.1) is 19.3 Å². The molecular formula is C22H29N3O4S. The highest BCUT2D eigenvalue weighted by Gasteiger charge is 2.21. The molecule has 2 rings (SSSR count). The van der Waals surface area contributed by atoms with Gasteiger partial charge in [-0.05, 0) is 61.4 Å². The van der Waals surface area contributed by atoms with Crippen molar-refractivity contribution in [3.8, 4) is 0 Å². The van der Waals surface area contributed by atoms with E-state index in [1.54, 1.807) is 42.5 Å². The van der Waals surface area contributed by atoms with Gasteiger partial charge in [-0.2, -0.15) is 0 Å². The fourth-order valence-electron chi connectivity index (χ4n) is 2.45. The van der Waals surface area contributed by atoms with E-state index in [2.05, 4.69) is 15.4 Å². The summed E-state index contributed by atoms with van der Waals surface area (Å²) in [6, 6.07) is 11.5. The molecule has 0 atom stereocenters. The molecule has 162 valence electrons. The minimum absolute atomic E-state index is 0.0702. The number of hydrogen-bond donors (Lipinski definition) is 3. The lowest BCUT2D eigenvalue weighted by atomic mass is 9.95. The normalized spacial score (nSPS) is 11.8. The van der Waals surface area contributed by atoms with Crippen LogP contribution in [0.1, 0.15) is 42.3 Å². The maximum atomic E-state index is 12.3. The molecule has 0 fully saturated rings. The summed E-state index contributed by atoms with van der Waals surface area (Å²) < 4.78 is 27.2. The summed E-state index contributed by atoms with van der Waals surface area (Å²) in [7, 11) is -3.63.